The lowest BCUT2D eigenvalue weighted by atomic mass is 9.93. The van der Waals surface area contributed by atoms with Gasteiger partial charge < -0.3 is 20.3 Å². The molecule has 53 heavy (non-hydrogen) atoms. The van der Waals surface area contributed by atoms with E-state index in [1.54, 1.807) is 11.8 Å². The molecule has 0 aliphatic carbocycles. The SMILES string of the molecule is CCCCCCCCCCCCCCOC(=O)CCSCCC(NC(=O)C(CCCCCC)CCCCCCCC)C(=O)NCCN1CCN(C)CC1. The highest BCUT2D eigenvalue weighted by molar-refractivity contribution is 7.99. The van der Waals surface area contributed by atoms with Crippen LogP contribution >= 0.6 is 11.8 Å². The van der Waals surface area contributed by atoms with Gasteiger partial charge in [0.25, 0.3) is 0 Å². The Balaban J connectivity index is 2.47. The second-order valence-electron chi connectivity index (χ2n) is 15.9. The maximum absolute atomic E-state index is 13.7. The number of amides is 2. The van der Waals surface area contributed by atoms with Crippen LogP contribution in [0.2, 0.25) is 0 Å². The predicted molar refractivity (Wildman–Crippen MR) is 228 cm³/mol. The summed E-state index contributed by atoms with van der Waals surface area (Å²) in [6, 6.07) is -0.553. The van der Waals surface area contributed by atoms with Gasteiger partial charge in [-0.15, -0.1) is 0 Å². The van der Waals surface area contributed by atoms with Crippen molar-refractivity contribution in [1.29, 1.82) is 0 Å². The third kappa shape index (κ3) is 29.6. The highest BCUT2D eigenvalue weighted by atomic mass is 32.2. The molecule has 0 aromatic heterocycles. The summed E-state index contributed by atoms with van der Waals surface area (Å²) in [6.07, 6.45) is 30.1. The number of nitrogens with one attached hydrogen (secondary N) is 2. The van der Waals surface area contributed by atoms with Crippen molar-refractivity contribution in [2.24, 2.45) is 5.92 Å². The molecule has 1 aliphatic heterocycles. The molecule has 0 aromatic carbocycles. The quantitative estimate of drug-likeness (QED) is 0.0481. The Morgan fingerprint density at radius 3 is 1.64 bits per heavy atom. The van der Waals surface area contributed by atoms with Crippen LogP contribution in [0.1, 0.15) is 188 Å². The van der Waals surface area contributed by atoms with Gasteiger partial charge >= 0.3 is 5.97 Å². The standard InChI is InChI=1S/C44H86N4O4S/c1-5-8-11-14-16-17-18-19-20-21-23-26-37-52-42(49)30-39-53-38-29-41(44(51)45-31-32-48-35-33-47(4)34-36-48)46-43(50)40(27-24-13-10-7-3)28-25-22-15-12-9-6-2/h40-41H,5-39H2,1-4H3,(H,45,51)(H,46,50). The number of carbonyl (C=O) groups is 3. The zero-order valence-corrected chi connectivity index (χ0v) is 36.2. The van der Waals surface area contributed by atoms with Crippen LogP contribution in [-0.2, 0) is 19.1 Å². The first-order chi connectivity index (χ1) is 25.9. The van der Waals surface area contributed by atoms with Gasteiger partial charge in [-0.2, -0.15) is 11.8 Å². The zero-order valence-electron chi connectivity index (χ0n) is 35.3. The molecule has 2 amide bonds. The van der Waals surface area contributed by atoms with Crippen LogP contribution in [0.4, 0.5) is 0 Å². The zero-order chi connectivity index (χ0) is 38.6. The van der Waals surface area contributed by atoms with E-state index in [4.69, 9.17) is 4.74 Å². The normalized spacial score (nSPS) is 14.9. The van der Waals surface area contributed by atoms with E-state index in [0.29, 0.717) is 37.5 Å². The highest BCUT2D eigenvalue weighted by Gasteiger charge is 2.25. The van der Waals surface area contributed by atoms with Crippen LogP contribution in [0, 0.1) is 5.92 Å². The lowest BCUT2D eigenvalue weighted by Crippen LogP contribution is -2.51. The predicted octanol–water partition coefficient (Wildman–Crippen LogP) is 9.93. The number of unbranched alkanes of at least 4 members (excludes halogenated alkanes) is 19. The maximum Gasteiger partial charge on any atom is 0.306 e. The molecule has 1 rings (SSSR count). The lowest BCUT2D eigenvalue weighted by Gasteiger charge is -2.32. The molecule has 0 saturated carbocycles. The van der Waals surface area contributed by atoms with Gasteiger partial charge in [0, 0.05) is 50.9 Å². The molecule has 9 heteroatoms. The Kier molecular flexibility index (Phi) is 34.1. The summed E-state index contributed by atoms with van der Waals surface area (Å²) in [4.78, 5) is 44.3. The largest absolute Gasteiger partial charge is 0.466 e. The van der Waals surface area contributed by atoms with E-state index in [0.717, 1.165) is 77.7 Å². The summed E-state index contributed by atoms with van der Waals surface area (Å²) < 4.78 is 5.51. The van der Waals surface area contributed by atoms with Crippen molar-refractivity contribution in [1.82, 2.24) is 20.4 Å². The van der Waals surface area contributed by atoms with Crippen molar-refractivity contribution < 1.29 is 19.1 Å². The molecule has 8 nitrogen and oxygen atoms in total. The number of esters is 1. The van der Waals surface area contributed by atoms with Crippen molar-refractivity contribution in [2.75, 3.05) is 64.4 Å². The van der Waals surface area contributed by atoms with Crippen LogP contribution < -0.4 is 10.6 Å². The van der Waals surface area contributed by atoms with Crippen molar-refractivity contribution in [3.8, 4) is 0 Å². The van der Waals surface area contributed by atoms with Gasteiger partial charge in [0.05, 0.1) is 13.0 Å². The van der Waals surface area contributed by atoms with Crippen LogP contribution in [0.25, 0.3) is 0 Å². The van der Waals surface area contributed by atoms with E-state index in [1.807, 2.05) is 0 Å². The number of rotatable bonds is 37. The Labute approximate surface area is 332 Å². The first-order valence-electron chi connectivity index (χ1n) is 22.6. The van der Waals surface area contributed by atoms with Gasteiger partial charge in [0.2, 0.25) is 11.8 Å². The van der Waals surface area contributed by atoms with Crippen molar-refractivity contribution in [3.05, 3.63) is 0 Å². The van der Waals surface area contributed by atoms with Gasteiger partial charge in [0.1, 0.15) is 6.04 Å². The third-order valence-electron chi connectivity index (χ3n) is 10.9. The average molecular weight is 767 g/mol. The molecule has 312 valence electrons. The fraction of sp³-hybridized carbons (Fsp3) is 0.932. The lowest BCUT2D eigenvalue weighted by molar-refractivity contribution is -0.143. The van der Waals surface area contributed by atoms with E-state index in [9.17, 15) is 14.4 Å². The Morgan fingerprint density at radius 1 is 0.604 bits per heavy atom. The van der Waals surface area contributed by atoms with Crippen molar-refractivity contribution >= 4 is 29.5 Å². The summed E-state index contributed by atoms with van der Waals surface area (Å²) >= 11 is 1.67. The van der Waals surface area contributed by atoms with Gasteiger partial charge in [-0.1, -0.05) is 156 Å². The number of piperazine rings is 1. The summed E-state index contributed by atoms with van der Waals surface area (Å²) in [5.41, 5.74) is 0. The number of ether oxygens (including phenoxy) is 1. The van der Waals surface area contributed by atoms with Crippen LogP contribution in [0.5, 0.6) is 0 Å². The second kappa shape index (κ2) is 36.3. The molecule has 1 fully saturated rings. The number of carbonyl (C=O) groups excluding carboxylic acids is 3. The molecule has 2 N–H and O–H groups in total. The Hall–Kier alpha value is -1.32. The summed E-state index contributed by atoms with van der Waals surface area (Å²) in [7, 11) is 2.15. The minimum absolute atomic E-state index is 0.0359. The molecule has 0 radical (unpaired) electrons. The van der Waals surface area contributed by atoms with E-state index in [1.165, 1.54) is 109 Å². The molecular formula is C44H86N4O4S. The fourth-order valence-electron chi connectivity index (χ4n) is 7.15. The van der Waals surface area contributed by atoms with Gasteiger partial charge in [-0.05, 0) is 38.5 Å². The Morgan fingerprint density at radius 2 is 1.09 bits per heavy atom. The molecule has 0 spiro atoms. The minimum Gasteiger partial charge on any atom is -0.466 e. The van der Waals surface area contributed by atoms with Crippen molar-refractivity contribution in [2.45, 2.75) is 194 Å². The van der Waals surface area contributed by atoms with Crippen LogP contribution in [-0.4, -0.2) is 98.1 Å². The molecule has 0 bridgehead atoms. The van der Waals surface area contributed by atoms with Crippen LogP contribution in [0.15, 0.2) is 0 Å². The maximum atomic E-state index is 13.7. The molecule has 1 saturated heterocycles. The summed E-state index contributed by atoms with van der Waals surface area (Å²) in [6.45, 7) is 12.8. The topological polar surface area (TPSA) is 91.0 Å². The average Bonchev–Trinajstić information content (AvgIpc) is 3.15. The first-order valence-corrected chi connectivity index (χ1v) is 23.8. The van der Waals surface area contributed by atoms with Crippen LogP contribution in [0.3, 0.4) is 0 Å². The number of likely N-dealkylation sites (N-methyl/N-ethyl adjacent to an activating group) is 1. The minimum atomic E-state index is -0.553. The molecule has 2 unspecified atom stereocenters. The Bertz CT molecular complexity index is 870. The smallest absolute Gasteiger partial charge is 0.306 e. The van der Waals surface area contributed by atoms with Crippen molar-refractivity contribution in [3.63, 3.8) is 0 Å². The number of hydrogen-bond acceptors (Lipinski definition) is 7. The second-order valence-corrected chi connectivity index (χ2v) is 17.1. The third-order valence-corrected chi connectivity index (χ3v) is 11.9. The monoisotopic (exact) mass is 767 g/mol. The number of hydrogen-bond donors (Lipinski definition) is 2. The van der Waals surface area contributed by atoms with E-state index in [2.05, 4.69) is 48.3 Å². The fourth-order valence-corrected chi connectivity index (χ4v) is 8.06. The van der Waals surface area contributed by atoms with E-state index < -0.39 is 6.04 Å². The van der Waals surface area contributed by atoms with Gasteiger partial charge in [-0.3, -0.25) is 19.3 Å². The molecule has 2 atom stereocenters. The first kappa shape index (κ1) is 49.7. The summed E-state index contributed by atoms with van der Waals surface area (Å²) in [5.74, 6) is 1.17. The van der Waals surface area contributed by atoms with E-state index in [-0.39, 0.29) is 23.7 Å². The molecule has 1 heterocycles. The summed E-state index contributed by atoms with van der Waals surface area (Å²) in [5, 5.41) is 6.35. The van der Waals surface area contributed by atoms with Gasteiger partial charge in [0.15, 0.2) is 0 Å². The molecule has 0 aromatic rings. The molecule has 1 aliphatic rings. The number of thioether (sulfide) groups is 1. The van der Waals surface area contributed by atoms with E-state index >= 15 is 0 Å². The number of nitrogens with zero attached hydrogens (tertiary/aromatic N) is 2. The highest BCUT2D eigenvalue weighted by Crippen LogP contribution is 2.20. The van der Waals surface area contributed by atoms with Gasteiger partial charge in [-0.25, -0.2) is 0 Å². The molecular weight excluding hydrogens is 681 g/mol.